The van der Waals surface area contributed by atoms with E-state index in [1.54, 1.807) is 0 Å². The second-order valence-corrected chi connectivity index (χ2v) is 6.95. The van der Waals surface area contributed by atoms with Gasteiger partial charge in [-0.15, -0.1) is 0 Å². The standard InChI is InChI=1S/C26H16O/c1-2-9-17(10-3-1)18-15-8-16-23-24-21-13-6-4-11-19(21)20-12-5-7-14-22(20)26(24)27-25(18)23/h1-16H. The number of fused-ring (bicyclic) bond motifs is 8. The molecule has 126 valence electrons. The molecule has 1 nitrogen and oxygen atoms in total. The van der Waals surface area contributed by atoms with E-state index in [1.807, 2.05) is 6.07 Å². The van der Waals surface area contributed by atoms with E-state index < -0.39 is 0 Å². The van der Waals surface area contributed by atoms with Crippen LogP contribution in [0.25, 0.3) is 54.6 Å². The molecule has 0 amide bonds. The molecule has 0 aliphatic rings. The Morgan fingerprint density at radius 2 is 1.00 bits per heavy atom. The van der Waals surface area contributed by atoms with Crippen LogP contribution in [-0.2, 0) is 0 Å². The molecule has 0 N–H and O–H groups in total. The van der Waals surface area contributed by atoms with Crippen LogP contribution in [-0.4, -0.2) is 0 Å². The fourth-order valence-corrected chi connectivity index (χ4v) is 4.27. The van der Waals surface area contributed by atoms with Gasteiger partial charge in [0.15, 0.2) is 0 Å². The number of furan rings is 1. The Morgan fingerprint density at radius 3 is 1.78 bits per heavy atom. The molecule has 0 spiro atoms. The SMILES string of the molecule is c1ccc(-c2cccc3c2oc2c4ccccc4c4ccccc4c32)cc1. The Hall–Kier alpha value is -3.58. The van der Waals surface area contributed by atoms with E-state index in [2.05, 4.69) is 91.0 Å². The molecule has 0 radical (unpaired) electrons. The van der Waals surface area contributed by atoms with Crippen LogP contribution in [0.2, 0.25) is 0 Å². The van der Waals surface area contributed by atoms with Gasteiger partial charge in [0.1, 0.15) is 11.2 Å². The molecule has 1 heteroatoms. The summed E-state index contributed by atoms with van der Waals surface area (Å²) in [6, 6.07) is 34.1. The molecule has 1 aromatic heterocycles. The fraction of sp³-hybridized carbons (Fsp3) is 0. The van der Waals surface area contributed by atoms with Crippen molar-refractivity contribution in [2.75, 3.05) is 0 Å². The monoisotopic (exact) mass is 344 g/mol. The van der Waals surface area contributed by atoms with Gasteiger partial charge in [-0.05, 0) is 21.7 Å². The molecular weight excluding hydrogens is 328 g/mol. The first-order valence-electron chi connectivity index (χ1n) is 9.22. The predicted octanol–water partition coefficient (Wildman–Crippen LogP) is 7.56. The highest BCUT2D eigenvalue weighted by Crippen LogP contribution is 2.43. The van der Waals surface area contributed by atoms with Crippen molar-refractivity contribution >= 4 is 43.5 Å². The normalized spacial score (nSPS) is 11.7. The summed E-state index contributed by atoms with van der Waals surface area (Å²) in [7, 11) is 0. The minimum atomic E-state index is 0.959. The molecular formula is C26H16O. The lowest BCUT2D eigenvalue weighted by Crippen LogP contribution is -1.80. The highest BCUT2D eigenvalue weighted by atomic mass is 16.3. The summed E-state index contributed by atoms with van der Waals surface area (Å²) >= 11 is 0. The maximum absolute atomic E-state index is 6.56. The maximum atomic E-state index is 6.56. The third-order valence-electron chi connectivity index (χ3n) is 5.46. The van der Waals surface area contributed by atoms with Crippen LogP contribution >= 0.6 is 0 Å². The lowest BCUT2D eigenvalue weighted by Gasteiger charge is -2.05. The van der Waals surface area contributed by atoms with E-state index in [9.17, 15) is 0 Å². The van der Waals surface area contributed by atoms with Crippen molar-refractivity contribution in [1.29, 1.82) is 0 Å². The van der Waals surface area contributed by atoms with E-state index >= 15 is 0 Å². The Balaban J connectivity index is 1.89. The summed E-state index contributed by atoms with van der Waals surface area (Å²) in [6.45, 7) is 0. The summed E-state index contributed by atoms with van der Waals surface area (Å²) in [5, 5.41) is 7.30. The molecule has 27 heavy (non-hydrogen) atoms. The van der Waals surface area contributed by atoms with Crippen molar-refractivity contribution in [3.8, 4) is 11.1 Å². The van der Waals surface area contributed by atoms with E-state index in [1.165, 1.54) is 37.9 Å². The van der Waals surface area contributed by atoms with Gasteiger partial charge in [0.2, 0.25) is 0 Å². The maximum Gasteiger partial charge on any atom is 0.143 e. The van der Waals surface area contributed by atoms with Gasteiger partial charge in [-0.3, -0.25) is 0 Å². The zero-order valence-electron chi connectivity index (χ0n) is 14.6. The quantitative estimate of drug-likeness (QED) is 0.280. The minimum absolute atomic E-state index is 0.959. The van der Waals surface area contributed by atoms with Crippen LogP contribution in [0.1, 0.15) is 0 Å². The van der Waals surface area contributed by atoms with Gasteiger partial charge >= 0.3 is 0 Å². The average molecular weight is 344 g/mol. The van der Waals surface area contributed by atoms with Crippen LogP contribution in [0.5, 0.6) is 0 Å². The Kier molecular flexibility index (Phi) is 2.95. The molecule has 0 atom stereocenters. The summed E-state index contributed by atoms with van der Waals surface area (Å²) in [5.74, 6) is 0. The summed E-state index contributed by atoms with van der Waals surface area (Å²) in [5.41, 5.74) is 4.25. The van der Waals surface area contributed by atoms with Crippen LogP contribution in [0.4, 0.5) is 0 Å². The lowest BCUT2D eigenvalue weighted by molar-refractivity contribution is 0.674. The fourth-order valence-electron chi connectivity index (χ4n) is 4.27. The molecule has 0 saturated heterocycles. The number of hydrogen-bond donors (Lipinski definition) is 0. The first kappa shape index (κ1) is 14.6. The van der Waals surface area contributed by atoms with Crippen LogP contribution in [0.3, 0.4) is 0 Å². The van der Waals surface area contributed by atoms with Gasteiger partial charge in [-0.2, -0.15) is 0 Å². The molecule has 0 aliphatic carbocycles. The number of benzene rings is 5. The zero-order valence-corrected chi connectivity index (χ0v) is 14.6. The van der Waals surface area contributed by atoms with Crippen molar-refractivity contribution in [2.24, 2.45) is 0 Å². The van der Waals surface area contributed by atoms with Crippen LogP contribution in [0, 0.1) is 0 Å². The minimum Gasteiger partial charge on any atom is -0.455 e. The van der Waals surface area contributed by atoms with Gasteiger partial charge in [0.25, 0.3) is 0 Å². The first-order chi connectivity index (χ1) is 13.4. The molecule has 5 aromatic carbocycles. The van der Waals surface area contributed by atoms with Crippen molar-refractivity contribution in [1.82, 2.24) is 0 Å². The van der Waals surface area contributed by atoms with E-state index in [0.29, 0.717) is 0 Å². The Labute approximate surface area is 156 Å². The van der Waals surface area contributed by atoms with Crippen molar-refractivity contribution < 1.29 is 4.42 Å². The predicted molar refractivity (Wildman–Crippen MR) is 114 cm³/mol. The zero-order chi connectivity index (χ0) is 17.8. The molecule has 1 heterocycles. The van der Waals surface area contributed by atoms with E-state index in [0.717, 1.165) is 16.7 Å². The Morgan fingerprint density at radius 1 is 0.407 bits per heavy atom. The van der Waals surface area contributed by atoms with Crippen molar-refractivity contribution in [2.45, 2.75) is 0 Å². The number of hydrogen-bond acceptors (Lipinski definition) is 1. The van der Waals surface area contributed by atoms with Gasteiger partial charge in [-0.25, -0.2) is 0 Å². The second kappa shape index (κ2) is 5.46. The molecule has 0 saturated carbocycles. The third-order valence-corrected chi connectivity index (χ3v) is 5.46. The number of rotatable bonds is 1. The molecule has 0 aliphatic heterocycles. The average Bonchev–Trinajstić information content (AvgIpc) is 3.15. The molecule has 0 unspecified atom stereocenters. The summed E-state index contributed by atoms with van der Waals surface area (Å²) in [4.78, 5) is 0. The smallest absolute Gasteiger partial charge is 0.143 e. The van der Waals surface area contributed by atoms with Gasteiger partial charge in [0, 0.05) is 21.7 Å². The summed E-state index contributed by atoms with van der Waals surface area (Å²) in [6.07, 6.45) is 0. The van der Waals surface area contributed by atoms with Crippen molar-refractivity contribution in [3.63, 3.8) is 0 Å². The summed E-state index contributed by atoms with van der Waals surface area (Å²) < 4.78 is 6.56. The topological polar surface area (TPSA) is 13.1 Å². The first-order valence-corrected chi connectivity index (χ1v) is 9.22. The molecule has 0 bridgehead atoms. The second-order valence-electron chi connectivity index (χ2n) is 6.95. The highest BCUT2D eigenvalue weighted by molar-refractivity contribution is 6.30. The Bertz CT molecular complexity index is 1460. The molecule has 0 fully saturated rings. The lowest BCUT2D eigenvalue weighted by atomic mass is 9.96. The third kappa shape index (κ3) is 2.00. The van der Waals surface area contributed by atoms with Crippen molar-refractivity contribution in [3.05, 3.63) is 97.1 Å². The highest BCUT2D eigenvalue weighted by Gasteiger charge is 2.17. The van der Waals surface area contributed by atoms with Gasteiger partial charge in [-0.1, -0.05) is 97.1 Å². The number of para-hydroxylation sites is 1. The molecule has 6 rings (SSSR count). The van der Waals surface area contributed by atoms with Crippen LogP contribution < -0.4 is 0 Å². The van der Waals surface area contributed by atoms with Gasteiger partial charge in [0.05, 0.1) is 0 Å². The molecule has 6 aromatic rings. The van der Waals surface area contributed by atoms with E-state index in [-0.39, 0.29) is 0 Å². The van der Waals surface area contributed by atoms with E-state index in [4.69, 9.17) is 4.42 Å². The largest absolute Gasteiger partial charge is 0.455 e. The van der Waals surface area contributed by atoms with Crippen LogP contribution in [0.15, 0.2) is 101 Å². The van der Waals surface area contributed by atoms with Gasteiger partial charge < -0.3 is 4.42 Å².